The molecule has 0 aliphatic rings. The van der Waals surface area contributed by atoms with Crippen molar-refractivity contribution in [1.29, 1.82) is 0 Å². The first kappa shape index (κ1) is 23.8. The highest BCUT2D eigenvalue weighted by Crippen LogP contribution is 2.24. The predicted molar refractivity (Wildman–Crippen MR) is 136 cm³/mol. The minimum atomic E-state index is -0.263. The molecule has 176 valence electrons. The third kappa shape index (κ3) is 5.97. The smallest absolute Gasteiger partial charge is 0.309 e. The molecular weight excluding hydrogens is 496 g/mol. The number of esters is 1. The lowest BCUT2D eigenvalue weighted by Gasteiger charge is -2.17. The highest BCUT2D eigenvalue weighted by atomic mass is 79.9. The van der Waals surface area contributed by atoms with Crippen LogP contribution in [-0.4, -0.2) is 38.3 Å². The Balaban J connectivity index is 1.31. The molecule has 0 saturated carbocycles. The van der Waals surface area contributed by atoms with Gasteiger partial charge in [0, 0.05) is 11.5 Å². The van der Waals surface area contributed by atoms with Crippen LogP contribution in [0.25, 0.3) is 11.1 Å². The van der Waals surface area contributed by atoms with Crippen LogP contribution in [0.5, 0.6) is 5.75 Å². The number of fused-ring (bicyclic) bond motifs is 1. The number of likely N-dealkylation sites (N-methyl/N-ethyl adjacent to an activating group) is 1. The number of hydrogen-bond acceptors (Lipinski definition) is 6. The highest BCUT2D eigenvalue weighted by molar-refractivity contribution is 9.10. The molecular formula is C27H27BrN2O4. The number of anilines is 1. The average Bonchev–Trinajstić information content (AvgIpc) is 3.30. The number of oxazole rings is 1. The Morgan fingerprint density at radius 1 is 1.03 bits per heavy atom. The Labute approximate surface area is 207 Å². The average molecular weight is 523 g/mol. The van der Waals surface area contributed by atoms with Gasteiger partial charge in [-0.05, 0) is 54.3 Å². The minimum Gasteiger partial charge on any atom is -0.492 e. The molecule has 4 rings (SSSR count). The summed E-state index contributed by atoms with van der Waals surface area (Å²) in [7, 11) is 3.36. The van der Waals surface area contributed by atoms with E-state index in [1.54, 1.807) is 0 Å². The number of carbonyl (C=O) groups excluding carboxylic acids is 1. The normalized spacial score (nSPS) is 11.9. The molecule has 4 aromatic rings. The lowest BCUT2D eigenvalue weighted by atomic mass is 9.92. The van der Waals surface area contributed by atoms with Gasteiger partial charge in [0.15, 0.2) is 5.58 Å². The van der Waals surface area contributed by atoms with E-state index in [1.807, 2.05) is 84.7 Å². The van der Waals surface area contributed by atoms with Gasteiger partial charge >= 0.3 is 5.97 Å². The number of carbonyl (C=O) groups is 1. The summed E-state index contributed by atoms with van der Waals surface area (Å²) in [6, 6.07) is 24.1. The number of methoxy groups -OCH3 is 1. The van der Waals surface area contributed by atoms with Crippen LogP contribution in [0.4, 0.5) is 6.01 Å². The van der Waals surface area contributed by atoms with Gasteiger partial charge in [-0.25, -0.2) is 0 Å². The zero-order chi connectivity index (χ0) is 23.9. The van der Waals surface area contributed by atoms with Gasteiger partial charge in [-0.3, -0.25) is 4.79 Å². The molecule has 3 aromatic carbocycles. The van der Waals surface area contributed by atoms with Gasteiger partial charge in [0.05, 0.1) is 19.6 Å². The lowest BCUT2D eigenvalue weighted by Crippen LogP contribution is -2.24. The van der Waals surface area contributed by atoms with Crippen molar-refractivity contribution in [2.45, 2.75) is 12.8 Å². The lowest BCUT2D eigenvalue weighted by molar-refractivity contribution is -0.145. The van der Waals surface area contributed by atoms with E-state index in [0.717, 1.165) is 32.4 Å². The summed E-state index contributed by atoms with van der Waals surface area (Å²) in [5, 5.41) is 0. The molecule has 1 unspecified atom stereocenters. The Morgan fingerprint density at radius 3 is 2.50 bits per heavy atom. The summed E-state index contributed by atoms with van der Waals surface area (Å²) in [5.41, 5.74) is 3.75. The van der Waals surface area contributed by atoms with Gasteiger partial charge in [-0.1, -0.05) is 58.4 Å². The number of ether oxygens (including phenoxy) is 2. The number of halogens is 1. The van der Waals surface area contributed by atoms with Gasteiger partial charge in [0.25, 0.3) is 6.01 Å². The molecule has 0 amide bonds. The van der Waals surface area contributed by atoms with Crippen LogP contribution in [-0.2, 0) is 22.4 Å². The Morgan fingerprint density at radius 2 is 1.76 bits per heavy atom. The van der Waals surface area contributed by atoms with E-state index in [4.69, 9.17) is 13.9 Å². The molecule has 0 radical (unpaired) electrons. The monoisotopic (exact) mass is 522 g/mol. The van der Waals surface area contributed by atoms with Gasteiger partial charge in [-0.15, -0.1) is 0 Å². The van der Waals surface area contributed by atoms with Crippen molar-refractivity contribution in [3.05, 3.63) is 88.4 Å². The van der Waals surface area contributed by atoms with Gasteiger partial charge in [0.2, 0.25) is 0 Å². The highest BCUT2D eigenvalue weighted by Gasteiger charge is 2.21. The summed E-state index contributed by atoms with van der Waals surface area (Å²) in [6.45, 7) is 1.12. The van der Waals surface area contributed by atoms with Crippen molar-refractivity contribution in [2.75, 3.05) is 32.2 Å². The largest absolute Gasteiger partial charge is 0.492 e. The quantitative estimate of drug-likeness (QED) is 0.249. The first-order chi connectivity index (χ1) is 16.5. The van der Waals surface area contributed by atoms with Gasteiger partial charge in [-0.2, -0.15) is 4.98 Å². The Bertz CT molecular complexity index is 1210. The fourth-order valence-corrected chi connectivity index (χ4v) is 4.21. The second-order valence-electron chi connectivity index (χ2n) is 8.10. The standard InChI is InChI=1S/C27H27BrN2O4/c1-30(27-29-24-9-5-6-10-25(24)34-27)15-16-33-22-13-11-19(12-14-22)17-21(26(31)32-2)18-20-7-3-4-8-23(20)28/h3-14,21H,15-18H2,1-2H3. The second-order valence-corrected chi connectivity index (χ2v) is 8.95. The maximum atomic E-state index is 12.4. The van der Waals surface area contributed by atoms with Crippen molar-refractivity contribution in [3.63, 3.8) is 0 Å². The molecule has 1 atom stereocenters. The van der Waals surface area contributed by atoms with E-state index in [2.05, 4.69) is 20.9 Å². The van der Waals surface area contributed by atoms with E-state index in [9.17, 15) is 4.79 Å². The third-order valence-electron chi connectivity index (χ3n) is 5.67. The van der Waals surface area contributed by atoms with E-state index in [-0.39, 0.29) is 11.9 Å². The summed E-state index contributed by atoms with van der Waals surface area (Å²) < 4.78 is 17.7. The summed E-state index contributed by atoms with van der Waals surface area (Å²) in [5.74, 6) is 0.300. The molecule has 0 spiro atoms. The fraction of sp³-hybridized carbons (Fsp3) is 0.259. The molecule has 0 aliphatic carbocycles. The van der Waals surface area contributed by atoms with Crippen LogP contribution in [0.2, 0.25) is 0 Å². The number of para-hydroxylation sites is 2. The number of rotatable bonds is 10. The van der Waals surface area contributed by atoms with Gasteiger partial charge in [0.1, 0.15) is 17.9 Å². The SMILES string of the molecule is COC(=O)C(Cc1ccc(OCCN(C)c2nc3ccccc3o2)cc1)Cc1ccccc1Br. The van der Waals surface area contributed by atoms with Crippen LogP contribution < -0.4 is 9.64 Å². The fourth-order valence-electron chi connectivity index (χ4n) is 3.76. The number of hydrogen-bond donors (Lipinski definition) is 0. The van der Waals surface area contributed by atoms with Crippen LogP contribution in [0.3, 0.4) is 0 Å². The maximum absolute atomic E-state index is 12.4. The first-order valence-electron chi connectivity index (χ1n) is 11.1. The van der Waals surface area contributed by atoms with Crippen molar-refractivity contribution < 1.29 is 18.7 Å². The summed E-state index contributed by atoms with van der Waals surface area (Å²) in [6.07, 6.45) is 1.20. The topological polar surface area (TPSA) is 64.8 Å². The molecule has 0 fully saturated rings. The molecule has 6 nitrogen and oxygen atoms in total. The van der Waals surface area contributed by atoms with Crippen molar-refractivity contribution >= 4 is 39.0 Å². The van der Waals surface area contributed by atoms with E-state index >= 15 is 0 Å². The number of benzene rings is 3. The van der Waals surface area contributed by atoms with Crippen LogP contribution in [0, 0.1) is 5.92 Å². The molecule has 0 aliphatic heterocycles. The number of aromatic nitrogens is 1. The van der Waals surface area contributed by atoms with Crippen LogP contribution in [0.1, 0.15) is 11.1 Å². The summed E-state index contributed by atoms with van der Waals surface area (Å²) in [4.78, 5) is 18.8. The van der Waals surface area contributed by atoms with Crippen LogP contribution >= 0.6 is 15.9 Å². The van der Waals surface area contributed by atoms with Crippen molar-refractivity contribution in [3.8, 4) is 5.75 Å². The summed E-state index contributed by atoms with van der Waals surface area (Å²) >= 11 is 3.57. The number of nitrogens with zero attached hydrogens (tertiary/aromatic N) is 2. The molecule has 1 aromatic heterocycles. The predicted octanol–water partition coefficient (Wildman–Crippen LogP) is 5.68. The molecule has 0 saturated heterocycles. The Kier molecular flexibility index (Phi) is 7.85. The second kappa shape index (κ2) is 11.2. The zero-order valence-electron chi connectivity index (χ0n) is 19.2. The van der Waals surface area contributed by atoms with Crippen LogP contribution in [0.15, 0.2) is 81.7 Å². The maximum Gasteiger partial charge on any atom is 0.309 e. The van der Waals surface area contributed by atoms with Crippen molar-refractivity contribution in [1.82, 2.24) is 4.98 Å². The third-order valence-corrected chi connectivity index (χ3v) is 6.44. The minimum absolute atomic E-state index is 0.210. The van der Waals surface area contributed by atoms with Crippen molar-refractivity contribution in [2.24, 2.45) is 5.92 Å². The molecule has 34 heavy (non-hydrogen) atoms. The molecule has 0 N–H and O–H groups in total. The van der Waals surface area contributed by atoms with E-state index in [0.29, 0.717) is 32.0 Å². The zero-order valence-corrected chi connectivity index (χ0v) is 20.8. The van der Waals surface area contributed by atoms with E-state index < -0.39 is 0 Å². The Hall–Kier alpha value is -3.32. The molecule has 0 bridgehead atoms. The molecule has 1 heterocycles. The van der Waals surface area contributed by atoms with Gasteiger partial charge < -0.3 is 18.8 Å². The van der Waals surface area contributed by atoms with E-state index in [1.165, 1.54) is 7.11 Å². The first-order valence-corrected chi connectivity index (χ1v) is 11.9. The molecule has 7 heteroatoms.